The maximum Gasteiger partial charge on any atom is 0.509 e. The van der Waals surface area contributed by atoms with Crippen LogP contribution < -0.4 is 0 Å². The molecule has 2 aliphatic heterocycles. The maximum absolute atomic E-state index is 11.6. The highest BCUT2D eigenvalue weighted by atomic mass is 31.3. The van der Waals surface area contributed by atoms with Crippen LogP contribution in [0.1, 0.15) is 0 Å². The van der Waals surface area contributed by atoms with Gasteiger partial charge in [-0.1, -0.05) is 0 Å². The van der Waals surface area contributed by atoms with Crippen LogP contribution in [0.15, 0.2) is 0 Å². The molecule has 0 saturated carbocycles. The first-order valence-electron chi connectivity index (χ1n) is 6.09. The van der Waals surface area contributed by atoms with Crippen molar-refractivity contribution in [2.75, 3.05) is 6.61 Å². The van der Waals surface area contributed by atoms with E-state index >= 15 is 0 Å². The summed E-state index contributed by atoms with van der Waals surface area (Å²) >= 11 is 0. The number of hydrogen-bond acceptors (Lipinski definition) is 10. The third-order valence-corrected chi connectivity index (χ3v) is 6.63. The molecule has 14 nitrogen and oxygen atoms in total. The number of carbonyl (C=O) groups excluding carboxylic acids is 1. The fourth-order valence-electron chi connectivity index (χ4n) is 2.07. The van der Waals surface area contributed by atoms with Gasteiger partial charge in [0.1, 0.15) is 14.0 Å². The molecule has 0 aromatic rings. The normalized spacial score (nSPS) is 34.8. The van der Waals surface area contributed by atoms with Crippen molar-refractivity contribution in [1.82, 2.24) is 0 Å². The van der Waals surface area contributed by atoms with Gasteiger partial charge in [0.05, 0.1) is 12.6 Å². The lowest BCUT2D eigenvalue weighted by Crippen LogP contribution is -2.31. The third-order valence-electron chi connectivity index (χ3n) is 2.82. The van der Waals surface area contributed by atoms with Crippen molar-refractivity contribution in [2.24, 2.45) is 0 Å². The minimum atomic E-state index is -5.59. The fourth-order valence-corrected chi connectivity index (χ4v) is 5.10. The van der Waals surface area contributed by atoms with Crippen LogP contribution in [0.4, 0.5) is 4.79 Å². The van der Waals surface area contributed by atoms with Crippen molar-refractivity contribution in [3.05, 3.63) is 0 Å². The quantitative estimate of drug-likeness (QED) is 0.216. The van der Waals surface area contributed by atoms with Crippen LogP contribution in [0.5, 0.6) is 0 Å². The van der Waals surface area contributed by atoms with Gasteiger partial charge in [-0.15, -0.1) is 0 Å². The number of carbonyl (C=O) groups is 1. The highest BCUT2D eigenvalue weighted by molar-refractivity contribution is 7.66. The zero-order valence-corrected chi connectivity index (χ0v) is 14.4. The molecule has 0 aromatic heterocycles. The van der Waals surface area contributed by atoms with E-state index in [1.54, 1.807) is 7.85 Å². The molecular weight excluding hydrogens is 400 g/mol. The minimum Gasteiger partial charge on any atom is -0.425 e. The van der Waals surface area contributed by atoms with Crippen LogP contribution in [0.25, 0.3) is 0 Å². The van der Waals surface area contributed by atoms with Crippen molar-refractivity contribution < 1.29 is 65.4 Å². The lowest BCUT2D eigenvalue weighted by Gasteiger charge is -2.19. The van der Waals surface area contributed by atoms with Gasteiger partial charge < -0.3 is 33.8 Å². The Hall–Kier alpha value is -0.295. The molecule has 2 saturated heterocycles. The van der Waals surface area contributed by atoms with Crippen molar-refractivity contribution in [1.29, 1.82) is 0 Å². The van der Waals surface area contributed by atoms with Gasteiger partial charge in [-0.3, -0.25) is 4.52 Å². The van der Waals surface area contributed by atoms with Crippen LogP contribution in [0, 0.1) is 0 Å². The highest BCUT2D eigenvalue weighted by Gasteiger charge is 2.53. The largest absolute Gasteiger partial charge is 0.509 e. The smallest absolute Gasteiger partial charge is 0.425 e. The summed E-state index contributed by atoms with van der Waals surface area (Å²) < 4.78 is 59.6. The Bertz CT molecular complexity index is 644. The second-order valence-corrected chi connectivity index (χ2v) is 9.10. The molecule has 6 unspecified atom stereocenters. The predicted molar refractivity (Wildman–Crippen MR) is 72.2 cm³/mol. The van der Waals surface area contributed by atoms with E-state index in [1.165, 1.54) is 0 Å². The summed E-state index contributed by atoms with van der Waals surface area (Å²) in [6, 6.07) is -0.601. The van der Waals surface area contributed by atoms with E-state index in [9.17, 15) is 23.4 Å². The molecule has 0 aromatic carbocycles. The maximum atomic E-state index is 11.6. The van der Waals surface area contributed by atoms with Crippen LogP contribution in [0.2, 0.25) is 0 Å². The highest BCUT2D eigenvalue weighted by Crippen LogP contribution is 2.66. The standard InChI is InChI=1S/C6H12BO14P3/c7-5-4-3(18-6(8)19-4)2(17-5)1-16-23(12,13)21-24(14,15)20-22(9,10)11/h2-5H,1,7H2,(H,12,13)(H,14,15)(H2,9,10,11). The Balaban J connectivity index is 1.93. The van der Waals surface area contributed by atoms with Gasteiger partial charge in [-0.25, -0.2) is 18.5 Å². The van der Waals surface area contributed by atoms with E-state index in [1.807, 2.05) is 0 Å². The number of hydrogen-bond donors (Lipinski definition) is 4. The van der Waals surface area contributed by atoms with Crippen molar-refractivity contribution in [2.45, 2.75) is 24.3 Å². The van der Waals surface area contributed by atoms with E-state index in [-0.39, 0.29) is 0 Å². The second kappa shape index (κ2) is 6.78. The molecule has 2 aliphatic rings. The SMILES string of the molecule is BC1OC(COP(=O)(O)OP(=O)(O)OP(=O)(O)O)C2OC(=O)OC12. The lowest BCUT2D eigenvalue weighted by atomic mass is 9.93. The number of fused-ring (bicyclic) bond motifs is 1. The molecule has 4 N–H and O–H groups in total. The van der Waals surface area contributed by atoms with Crippen molar-refractivity contribution in [3.63, 3.8) is 0 Å². The van der Waals surface area contributed by atoms with E-state index in [0.717, 1.165) is 0 Å². The van der Waals surface area contributed by atoms with E-state index < -0.39 is 60.5 Å². The van der Waals surface area contributed by atoms with Crippen LogP contribution >= 0.6 is 23.5 Å². The summed E-state index contributed by atoms with van der Waals surface area (Å²) in [5, 5.41) is 0. The first-order valence-corrected chi connectivity index (χ1v) is 10.6. The number of phosphoric acid groups is 3. The van der Waals surface area contributed by atoms with Crippen LogP contribution in [-0.4, -0.2) is 64.5 Å². The molecule has 0 amide bonds. The first-order chi connectivity index (χ1) is 10.8. The van der Waals surface area contributed by atoms with Gasteiger partial charge in [0, 0.05) is 0 Å². The Morgan fingerprint density at radius 1 is 1.00 bits per heavy atom. The van der Waals surface area contributed by atoms with Gasteiger partial charge in [0.2, 0.25) is 0 Å². The number of ether oxygens (including phenoxy) is 3. The molecule has 2 fully saturated rings. The molecule has 0 aliphatic carbocycles. The summed E-state index contributed by atoms with van der Waals surface area (Å²) in [7, 11) is -14.8. The predicted octanol–water partition coefficient (Wildman–Crippen LogP) is -1.41. The molecule has 24 heavy (non-hydrogen) atoms. The Morgan fingerprint density at radius 3 is 2.17 bits per heavy atom. The van der Waals surface area contributed by atoms with E-state index in [4.69, 9.17) is 28.9 Å². The van der Waals surface area contributed by atoms with Gasteiger partial charge in [0.15, 0.2) is 12.2 Å². The van der Waals surface area contributed by atoms with E-state index in [0.29, 0.717) is 0 Å². The Morgan fingerprint density at radius 2 is 1.58 bits per heavy atom. The lowest BCUT2D eigenvalue weighted by molar-refractivity contribution is -0.0185. The Kier molecular flexibility index (Phi) is 5.66. The van der Waals surface area contributed by atoms with Crippen LogP contribution in [-0.2, 0) is 41.1 Å². The summed E-state index contributed by atoms with van der Waals surface area (Å²) in [5.41, 5.74) is 0. The fraction of sp³-hybridized carbons (Fsp3) is 0.833. The minimum absolute atomic E-state index is 0.601. The number of rotatable bonds is 7. The second-order valence-electron chi connectivity index (χ2n) is 4.68. The third kappa shape index (κ3) is 5.35. The zero-order chi connectivity index (χ0) is 18.3. The number of phosphoric ester groups is 1. The van der Waals surface area contributed by atoms with Gasteiger partial charge in [-0.2, -0.15) is 8.62 Å². The average molecular weight is 412 g/mol. The molecule has 0 bridgehead atoms. The molecule has 2 heterocycles. The molecule has 0 spiro atoms. The van der Waals surface area contributed by atoms with Gasteiger partial charge in [0.25, 0.3) is 0 Å². The van der Waals surface area contributed by atoms with Crippen molar-refractivity contribution >= 4 is 37.5 Å². The summed E-state index contributed by atoms with van der Waals surface area (Å²) in [6.45, 7) is -0.716. The topological polar surface area (TPSA) is 205 Å². The summed E-state index contributed by atoms with van der Waals surface area (Å²) in [4.78, 5) is 46.1. The monoisotopic (exact) mass is 412 g/mol. The van der Waals surface area contributed by atoms with E-state index in [2.05, 4.69) is 13.1 Å². The molecular formula is C6H12BO14P3. The van der Waals surface area contributed by atoms with Crippen molar-refractivity contribution in [3.8, 4) is 0 Å². The molecule has 138 valence electrons. The summed E-state index contributed by atoms with van der Waals surface area (Å²) in [6.07, 6.45) is -3.68. The molecule has 0 radical (unpaired) electrons. The first kappa shape index (κ1) is 20.0. The molecule has 6 atom stereocenters. The van der Waals surface area contributed by atoms with Gasteiger partial charge >= 0.3 is 29.6 Å². The Labute approximate surface area is 134 Å². The molecule has 2 rings (SSSR count). The average Bonchev–Trinajstić information content (AvgIpc) is 2.82. The summed E-state index contributed by atoms with van der Waals surface area (Å²) in [5.74, 6) is 0. The molecule has 18 heteroatoms. The zero-order valence-electron chi connectivity index (χ0n) is 11.7. The van der Waals surface area contributed by atoms with Gasteiger partial charge in [-0.05, 0) is 0 Å². The van der Waals surface area contributed by atoms with Crippen LogP contribution in [0.3, 0.4) is 0 Å².